The number of rotatable bonds is 4. The fourth-order valence-electron chi connectivity index (χ4n) is 2.90. The summed E-state index contributed by atoms with van der Waals surface area (Å²) >= 11 is 0. The lowest BCUT2D eigenvalue weighted by atomic mass is 9.79. The second-order valence-electron chi connectivity index (χ2n) is 6.03. The van der Waals surface area contributed by atoms with Crippen LogP contribution in [-0.2, 0) is 16.6 Å². The molecule has 1 aliphatic carbocycles. The molecule has 1 N–H and O–H groups in total. The Morgan fingerprint density at radius 1 is 1.26 bits per heavy atom. The number of anilines is 1. The van der Waals surface area contributed by atoms with E-state index in [-0.39, 0.29) is 0 Å². The topological polar surface area (TPSA) is 29.1 Å². The van der Waals surface area contributed by atoms with Crippen molar-refractivity contribution in [2.45, 2.75) is 44.9 Å². The fraction of sp³-hybridized carbons (Fsp3) is 0.625. The highest BCUT2D eigenvalue weighted by atomic mass is 32.2. The Bertz CT molecular complexity index is 446. The van der Waals surface area contributed by atoms with E-state index in [0.717, 1.165) is 17.4 Å². The lowest BCUT2D eigenvalue weighted by molar-refractivity contribution is 0.261. The van der Waals surface area contributed by atoms with Gasteiger partial charge in [-0.15, -0.1) is 0 Å². The molecule has 3 heteroatoms. The van der Waals surface area contributed by atoms with E-state index in [1.807, 2.05) is 0 Å². The van der Waals surface area contributed by atoms with Crippen LogP contribution < -0.4 is 5.32 Å². The summed E-state index contributed by atoms with van der Waals surface area (Å²) < 4.78 is 11.3. The average molecular weight is 279 g/mol. The molecule has 0 aromatic heterocycles. The van der Waals surface area contributed by atoms with Crippen LogP contribution in [0.25, 0.3) is 0 Å². The van der Waals surface area contributed by atoms with Gasteiger partial charge in [0.2, 0.25) is 0 Å². The van der Waals surface area contributed by atoms with Crippen LogP contribution in [0.1, 0.15) is 38.7 Å². The first-order valence-corrected chi connectivity index (χ1v) is 8.93. The predicted molar refractivity (Wildman–Crippen MR) is 83.8 cm³/mol. The number of benzene rings is 1. The van der Waals surface area contributed by atoms with E-state index in [2.05, 4.69) is 43.4 Å². The molecule has 1 saturated carbocycles. The SMILES string of the molecule is CC1CCC(Nc2cccc(CS(C)=O)c2)CC1C. The molecule has 0 radical (unpaired) electrons. The van der Waals surface area contributed by atoms with Crippen molar-refractivity contribution in [3.05, 3.63) is 29.8 Å². The first kappa shape index (κ1) is 14.6. The standard InChI is InChI=1S/C16H25NOS/c1-12-7-8-16(9-13(12)2)17-15-6-4-5-14(10-15)11-19(3)18/h4-6,10,12-13,16-17H,7-9,11H2,1-3H3. The molecule has 2 rings (SSSR count). The van der Waals surface area contributed by atoms with Crippen molar-refractivity contribution in [3.8, 4) is 0 Å². The first-order chi connectivity index (χ1) is 9.04. The highest BCUT2D eigenvalue weighted by Gasteiger charge is 2.24. The van der Waals surface area contributed by atoms with Crippen molar-refractivity contribution in [3.63, 3.8) is 0 Å². The van der Waals surface area contributed by atoms with Crippen LogP contribution >= 0.6 is 0 Å². The third kappa shape index (κ3) is 4.34. The van der Waals surface area contributed by atoms with E-state index >= 15 is 0 Å². The van der Waals surface area contributed by atoms with Crippen LogP contribution in [0.5, 0.6) is 0 Å². The minimum Gasteiger partial charge on any atom is -0.382 e. The quantitative estimate of drug-likeness (QED) is 0.908. The van der Waals surface area contributed by atoms with Crippen molar-refractivity contribution >= 4 is 16.5 Å². The molecule has 0 saturated heterocycles. The summed E-state index contributed by atoms with van der Waals surface area (Å²) in [6.45, 7) is 4.72. The van der Waals surface area contributed by atoms with Gasteiger partial charge in [-0.25, -0.2) is 0 Å². The zero-order chi connectivity index (χ0) is 13.8. The van der Waals surface area contributed by atoms with Gasteiger partial charge in [-0.2, -0.15) is 0 Å². The van der Waals surface area contributed by atoms with E-state index in [4.69, 9.17) is 0 Å². The lowest BCUT2D eigenvalue weighted by Crippen LogP contribution is -2.30. The van der Waals surface area contributed by atoms with Crippen LogP contribution in [0.3, 0.4) is 0 Å². The van der Waals surface area contributed by atoms with E-state index in [1.165, 1.54) is 24.9 Å². The Hall–Kier alpha value is -0.830. The summed E-state index contributed by atoms with van der Waals surface area (Å²) in [6.07, 6.45) is 5.59. The van der Waals surface area contributed by atoms with Crippen LogP contribution in [0.4, 0.5) is 5.69 Å². The molecule has 1 aliphatic rings. The summed E-state index contributed by atoms with van der Waals surface area (Å²) in [5, 5.41) is 3.65. The van der Waals surface area contributed by atoms with E-state index in [9.17, 15) is 4.21 Å². The van der Waals surface area contributed by atoms with Crippen molar-refractivity contribution in [1.29, 1.82) is 0 Å². The average Bonchev–Trinajstić information content (AvgIpc) is 2.33. The fourth-order valence-corrected chi connectivity index (χ4v) is 3.55. The van der Waals surface area contributed by atoms with Gasteiger partial charge in [0.05, 0.1) is 0 Å². The molecule has 0 aliphatic heterocycles. The molecule has 0 bridgehead atoms. The van der Waals surface area contributed by atoms with Gasteiger partial charge in [0.15, 0.2) is 0 Å². The molecular weight excluding hydrogens is 254 g/mol. The van der Waals surface area contributed by atoms with Crippen molar-refractivity contribution in [2.24, 2.45) is 11.8 Å². The maximum absolute atomic E-state index is 11.3. The Kier molecular flexibility index (Phi) is 5.03. The molecule has 19 heavy (non-hydrogen) atoms. The molecule has 1 aromatic carbocycles. The molecule has 0 heterocycles. The molecule has 4 atom stereocenters. The molecule has 106 valence electrons. The van der Waals surface area contributed by atoms with Crippen molar-refractivity contribution in [1.82, 2.24) is 0 Å². The maximum Gasteiger partial charge on any atom is 0.0483 e. The normalized spacial score (nSPS) is 28.9. The minimum absolute atomic E-state index is 0.591. The van der Waals surface area contributed by atoms with Gasteiger partial charge in [0.25, 0.3) is 0 Å². The molecule has 0 amide bonds. The number of hydrogen-bond donors (Lipinski definition) is 1. The van der Waals surface area contributed by atoms with Crippen molar-refractivity contribution < 1.29 is 4.21 Å². The van der Waals surface area contributed by atoms with Crippen LogP contribution in [0.15, 0.2) is 24.3 Å². The third-order valence-electron chi connectivity index (χ3n) is 4.27. The highest BCUT2D eigenvalue weighted by Crippen LogP contribution is 2.31. The molecule has 4 unspecified atom stereocenters. The van der Waals surface area contributed by atoms with Crippen LogP contribution in [0, 0.1) is 11.8 Å². The van der Waals surface area contributed by atoms with Gasteiger partial charge in [-0.05, 0) is 48.8 Å². The molecule has 2 nitrogen and oxygen atoms in total. The summed E-state index contributed by atoms with van der Waals surface area (Å²) in [5.41, 5.74) is 2.33. The van der Waals surface area contributed by atoms with Crippen LogP contribution in [0.2, 0.25) is 0 Å². The smallest absolute Gasteiger partial charge is 0.0483 e. The summed E-state index contributed by atoms with van der Waals surface area (Å²) in [6, 6.07) is 8.96. The Labute approximate surface area is 119 Å². The number of nitrogens with one attached hydrogen (secondary N) is 1. The minimum atomic E-state index is -0.770. The molecule has 1 fully saturated rings. The largest absolute Gasteiger partial charge is 0.382 e. The summed E-state index contributed by atoms with van der Waals surface area (Å²) in [5.74, 6) is 2.30. The third-order valence-corrected chi connectivity index (χ3v) is 5.01. The Balaban J connectivity index is 1.97. The molecule has 1 aromatic rings. The number of hydrogen-bond acceptors (Lipinski definition) is 2. The van der Waals surface area contributed by atoms with Gasteiger partial charge in [-0.1, -0.05) is 26.0 Å². The maximum atomic E-state index is 11.3. The second kappa shape index (κ2) is 6.56. The van der Waals surface area contributed by atoms with Gasteiger partial charge < -0.3 is 5.32 Å². The second-order valence-corrected chi connectivity index (χ2v) is 7.46. The van der Waals surface area contributed by atoms with Crippen molar-refractivity contribution in [2.75, 3.05) is 11.6 Å². The van der Waals surface area contributed by atoms with Gasteiger partial charge in [-0.3, -0.25) is 4.21 Å². The van der Waals surface area contributed by atoms with E-state index < -0.39 is 10.8 Å². The Morgan fingerprint density at radius 2 is 2.05 bits per heavy atom. The zero-order valence-electron chi connectivity index (χ0n) is 12.2. The lowest BCUT2D eigenvalue weighted by Gasteiger charge is -2.33. The zero-order valence-corrected chi connectivity index (χ0v) is 13.0. The van der Waals surface area contributed by atoms with E-state index in [1.54, 1.807) is 6.26 Å². The predicted octanol–water partition coefficient (Wildman–Crippen LogP) is 3.80. The summed E-state index contributed by atoms with van der Waals surface area (Å²) in [4.78, 5) is 0. The van der Waals surface area contributed by atoms with E-state index in [0.29, 0.717) is 11.8 Å². The molecular formula is C16H25NOS. The first-order valence-electron chi connectivity index (χ1n) is 7.20. The van der Waals surface area contributed by atoms with Crippen LogP contribution in [-0.4, -0.2) is 16.5 Å². The van der Waals surface area contributed by atoms with Gasteiger partial charge in [0, 0.05) is 34.5 Å². The highest BCUT2D eigenvalue weighted by molar-refractivity contribution is 7.83. The van der Waals surface area contributed by atoms with Gasteiger partial charge in [0.1, 0.15) is 0 Å². The monoisotopic (exact) mass is 279 g/mol. The Morgan fingerprint density at radius 3 is 2.74 bits per heavy atom. The summed E-state index contributed by atoms with van der Waals surface area (Å²) in [7, 11) is -0.770. The van der Waals surface area contributed by atoms with Gasteiger partial charge >= 0.3 is 0 Å². The molecule has 0 spiro atoms.